The van der Waals surface area contributed by atoms with E-state index in [1.54, 1.807) is 0 Å². The standard InChI is InChI=1S/C17H20N2/c1-6-11-18-14(4)15(5)19-12-16-9-7-8-10-17(16)13(2)3/h1,7-10,18-19H,2,4-5,11-12H2,3H3. The summed E-state index contributed by atoms with van der Waals surface area (Å²) < 4.78 is 0. The summed E-state index contributed by atoms with van der Waals surface area (Å²) in [5, 5.41) is 6.23. The fourth-order valence-corrected chi connectivity index (χ4v) is 1.66. The van der Waals surface area contributed by atoms with Crippen LogP contribution < -0.4 is 10.6 Å². The second-order valence-corrected chi connectivity index (χ2v) is 4.31. The maximum atomic E-state index is 5.18. The third kappa shape index (κ3) is 4.40. The number of allylic oxidation sites excluding steroid dienone is 1. The minimum Gasteiger partial charge on any atom is -0.380 e. The quantitative estimate of drug-likeness (QED) is 0.575. The molecule has 1 aromatic rings. The molecule has 2 heteroatoms. The van der Waals surface area contributed by atoms with Crippen LogP contribution in [0.2, 0.25) is 0 Å². The molecule has 0 amide bonds. The fraction of sp³-hybridized carbons (Fsp3) is 0.176. The van der Waals surface area contributed by atoms with Crippen LogP contribution in [0, 0.1) is 12.3 Å². The molecule has 98 valence electrons. The molecule has 0 saturated carbocycles. The van der Waals surface area contributed by atoms with Crippen molar-refractivity contribution in [2.24, 2.45) is 0 Å². The van der Waals surface area contributed by atoms with Crippen molar-refractivity contribution >= 4 is 5.57 Å². The highest BCUT2D eigenvalue weighted by Crippen LogP contribution is 2.17. The minimum atomic E-state index is 0.446. The van der Waals surface area contributed by atoms with Crippen LogP contribution in [0.15, 0.2) is 55.4 Å². The van der Waals surface area contributed by atoms with Gasteiger partial charge >= 0.3 is 0 Å². The molecule has 1 aromatic carbocycles. The summed E-state index contributed by atoms with van der Waals surface area (Å²) in [5.74, 6) is 2.50. The predicted molar refractivity (Wildman–Crippen MR) is 83.1 cm³/mol. The average Bonchev–Trinajstić information content (AvgIpc) is 2.42. The molecular weight excluding hydrogens is 232 g/mol. The Labute approximate surface area is 115 Å². The molecule has 0 radical (unpaired) electrons. The molecule has 0 spiro atoms. The third-order valence-electron chi connectivity index (χ3n) is 2.74. The van der Waals surface area contributed by atoms with E-state index in [0.29, 0.717) is 18.8 Å². The van der Waals surface area contributed by atoms with Gasteiger partial charge < -0.3 is 10.6 Å². The van der Waals surface area contributed by atoms with Crippen molar-refractivity contribution in [3.63, 3.8) is 0 Å². The summed E-state index contributed by atoms with van der Waals surface area (Å²) in [6.07, 6.45) is 5.18. The van der Waals surface area contributed by atoms with E-state index < -0.39 is 0 Å². The molecule has 2 nitrogen and oxygen atoms in total. The maximum absolute atomic E-state index is 5.18. The molecular formula is C17H20N2. The second kappa shape index (κ2) is 7.13. The Hall–Kier alpha value is -2.40. The van der Waals surface area contributed by atoms with Gasteiger partial charge in [-0.2, -0.15) is 0 Å². The van der Waals surface area contributed by atoms with Crippen LogP contribution in [0.3, 0.4) is 0 Å². The summed E-state index contributed by atoms with van der Waals surface area (Å²) >= 11 is 0. The lowest BCUT2D eigenvalue weighted by Crippen LogP contribution is -2.22. The Morgan fingerprint density at radius 3 is 2.42 bits per heavy atom. The van der Waals surface area contributed by atoms with Crippen molar-refractivity contribution in [1.29, 1.82) is 0 Å². The van der Waals surface area contributed by atoms with E-state index in [0.717, 1.165) is 16.8 Å². The first kappa shape index (κ1) is 14.7. The molecule has 0 fully saturated rings. The summed E-state index contributed by atoms with van der Waals surface area (Å²) in [4.78, 5) is 0. The molecule has 1 rings (SSSR count). The van der Waals surface area contributed by atoms with Gasteiger partial charge in [0, 0.05) is 12.2 Å². The van der Waals surface area contributed by atoms with Crippen LogP contribution in [0.5, 0.6) is 0 Å². The number of terminal acetylenes is 1. The largest absolute Gasteiger partial charge is 0.380 e. The van der Waals surface area contributed by atoms with E-state index >= 15 is 0 Å². The lowest BCUT2D eigenvalue weighted by atomic mass is 10.0. The lowest BCUT2D eigenvalue weighted by molar-refractivity contribution is 0.786. The van der Waals surface area contributed by atoms with E-state index in [1.165, 1.54) is 5.56 Å². The Balaban J connectivity index is 2.63. The third-order valence-corrected chi connectivity index (χ3v) is 2.74. The van der Waals surface area contributed by atoms with Gasteiger partial charge in [-0.3, -0.25) is 0 Å². The molecule has 0 aliphatic carbocycles. The maximum Gasteiger partial charge on any atom is 0.0763 e. The van der Waals surface area contributed by atoms with Crippen molar-refractivity contribution in [1.82, 2.24) is 10.6 Å². The van der Waals surface area contributed by atoms with Gasteiger partial charge in [0.15, 0.2) is 0 Å². The van der Waals surface area contributed by atoms with Crippen LogP contribution in [0.1, 0.15) is 18.1 Å². The molecule has 19 heavy (non-hydrogen) atoms. The molecule has 0 aromatic heterocycles. The van der Waals surface area contributed by atoms with Gasteiger partial charge in [-0.05, 0) is 18.1 Å². The summed E-state index contributed by atoms with van der Waals surface area (Å²) in [5.41, 5.74) is 4.84. The first-order valence-corrected chi connectivity index (χ1v) is 6.09. The van der Waals surface area contributed by atoms with Crippen molar-refractivity contribution < 1.29 is 0 Å². The fourth-order valence-electron chi connectivity index (χ4n) is 1.66. The minimum absolute atomic E-state index is 0.446. The van der Waals surface area contributed by atoms with Gasteiger partial charge in [-0.25, -0.2) is 0 Å². The van der Waals surface area contributed by atoms with Crippen molar-refractivity contribution in [3.8, 4) is 12.3 Å². The van der Waals surface area contributed by atoms with E-state index in [2.05, 4.69) is 48.4 Å². The Morgan fingerprint density at radius 2 is 1.79 bits per heavy atom. The molecule has 0 saturated heterocycles. The molecule has 0 bridgehead atoms. The number of hydrogen-bond acceptors (Lipinski definition) is 2. The number of hydrogen-bond donors (Lipinski definition) is 2. The van der Waals surface area contributed by atoms with Gasteiger partial charge in [0.1, 0.15) is 0 Å². The van der Waals surface area contributed by atoms with E-state index in [4.69, 9.17) is 6.42 Å². The predicted octanol–water partition coefficient (Wildman–Crippen LogP) is 3.06. The zero-order chi connectivity index (χ0) is 14.3. The van der Waals surface area contributed by atoms with Crippen LogP contribution in [-0.4, -0.2) is 6.54 Å². The highest BCUT2D eigenvalue weighted by molar-refractivity contribution is 5.64. The van der Waals surface area contributed by atoms with Gasteiger partial charge in [0.25, 0.3) is 0 Å². The van der Waals surface area contributed by atoms with Gasteiger partial charge in [-0.1, -0.05) is 55.5 Å². The SMILES string of the molecule is C#CCNC(=C)C(=C)NCc1ccccc1C(=C)C. The number of rotatable bonds is 7. The van der Waals surface area contributed by atoms with Crippen molar-refractivity contribution in [3.05, 3.63) is 66.5 Å². The monoisotopic (exact) mass is 252 g/mol. The van der Waals surface area contributed by atoms with Crippen molar-refractivity contribution in [2.75, 3.05) is 6.54 Å². The molecule has 0 unspecified atom stereocenters. The first-order valence-electron chi connectivity index (χ1n) is 6.09. The van der Waals surface area contributed by atoms with Gasteiger partial charge in [-0.15, -0.1) is 6.42 Å². The first-order chi connectivity index (χ1) is 9.06. The molecule has 2 N–H and O–H groups in total. The number of benzene rings is 1. The van der Waals surface area contributed by atoms with Crippen LogP contribution >= 0.6 is 0 Å². The Bertz CT molecular complexity index is 532. The second-order valence-electron chi connectivity index (χ2n) is 4.31. The average molecular weight is 252 g/mol. The van der Waals surface area contributed by atoms with Crippen molar-refractivity contribution in [2.45, 2.75) is 13.5 Å². The van der Waals surface area contributed by atoms with Gasteiger partial charge in [0.05, 0.1) is 12.2 Å². The Morgan fingerprint density at radius 1 is 1.16 bits per heavy atom. The summed E-state index contributed by atoms with van der Waals surface area (Å²) in [6, 6.07) is 8.16. The summed E-state index contributed by atoms with van der Waals surface area (Å²) in [7, 11) is 0. The molecule has 0 aliphatic rings. The topological polar surface area (TPSA) is 24.1 Å². The van der Waals surface area contributed by atoms with E-state index in [1.807, 2.05) is 19.1 Å². The van der Waals surface area contributed by atoms with E-state index in [9.17, 15) is 0 Å². The normalized spacial score (nSPS) is 9.26. The van der Waals surface area contributed by atoms with E-state index in [-0.39, 0.29) is 0 Å². The summed E-state index contributed by atoms with van der Waals surface area (Å²) in [6.45, 7) is 14.9. The zero-order valence-electron chi connectivity index (χ0n) is 11.4. The van der Waals surface area contributed by atoms with Crippen LogP contribution in [0.4, 0.5) is 0 Å². The molecule has 0 heterocycles. The highest BCUT2D eigenvalue weighted by atomic mass is 15.0. The number of nitrogens with one attached hydrogen (secondary N) is 2. The Kier molecular flexibility index (Phi) is 5.50. The zero-order valence-corrected chi connectivity index (χ0v) is 11.4. The molecule has 0 atom stereocenters. The highest BCUT2D eigenvalue weighted by Gasteiger charge is 2.03. The smallest absolute Gasteiger partial charge is 0.0763 e. The lowest BCUT2D eigenvalue weighted by Gasteiger charge is -2.15. The molecule has 0 aliphatic heterocycles. The van der Waals surface area contributed by atoms with Gasteiger partial charge in [0.2, 0.25) is 0 Å². The van der Waals surface area contributed by atoms with Crippen LogP contribution in [0.25, 0.3) is 5.57 Å². The van der Waals surface area contributed by atoms with Crippen LogP contribution in [-0.2, 0) is 6.54 Å².